The maximum atomic E-state index is 12.1. The molecular formula is C13H18ClN3O4. The molecule has 1 fully saturated rings. The maximum absolute atomic E-state index is 12.1. The zero-order chi connectivity index (χ0) is 15.6. The molecule has 0 aliphatic carbocycles. The Morgan fingerprint density at radius 2 is 2.43 bits per heavy atom. The van der Waals surface area contributed by atoms with Crippen LogP contribution >= 0.6 is 11.6 Å². The Bertz CT molecular complexity index is 604. The molecule has 0 spiro atoms. The van der Waals surface area contributed by atoms with Crippen molar-refractivity contribution < 1.29 is 14.3 Å². The summed E-state index contributed by atoms with van der Waals surface area (Å²) in [6.45, 7) is 4.34. The van der Waals surface area contributed by atoms with E-state index in [4.69, 9.17) is 16.3 Å². The summed E-state index contributed by atoms with van der Waals surface area (Å²) >= 11 is 6.08. The number of methoxy groups -OCH3 is 1. The van der Waals surface area contributed by atoms with E-state index in [0.717, 1.165) is 11.1 Å². The number of rotatable bonds is 4. The summed E-state index contributed by atoms with van der Waals surface area (Å²) in [5.41, 5.74) is -0.420. The highest BCUT2D eigenvalue weighted by Gasteiger charge is 2.37. The first-order valence-electron chi connectivity index (χ1n) is 6.59. The molecule has 1 aromatic rings. The topological polar surface area (TPSA) is 82.5 Å². The molecule has 2 rings (SSSR count). The van der Waals surface area contributed by atoms with Gasteiger partial charge in [0.05, 0.1) is 30.6 Å². The standard InChI is InChI=1S/C13H18ClN3O4/c1-8-13(2,4-5-21-8)16-9-6-15-17(7-10(18)20-3)12(19)11(9)14/h6,8,16H,4-5,7H2,1-3H3. The van der Waals surface area contributed by atoms with Crippen LogP contribution in [0.15, 0.2) is 11.0 Å². The lowest BCUT2D eigenvalue weighted by atomic mass is 9.94. The van der Waals surface area contributed by atoms with Gasteiger partial charge in [-0.2, -0.15) is 5.10 Å². The van der Waals surface area contributed by atoms with Gasteiger partial charge < -0.3 is 14.8 Å². The van der Waals surface area contributed by atoms with Crippen molar-refractivity contribution in [2.45, 2.75) is 38.5 Å². The second-order valence-corrected chi connectivity index (χ2v) is 5.59. The highest BCUT2D eigenvalue weighted by Crippen LogP contribution is 2.30. The number of carbonyl (C=O) groups is 1. The van der Waals surface area contributed by atoms with E-state index >= 15 is 0 Å². The van der Waals surface area contributed by atoms with Crippen LogP contribution in [0.3, 0.4) is 0 Å². The van der Waals surface area contributed by atoms with Gasteiger partial charge in [0.25, 0.3) is 5.56 Å². The third kappa shape index (κ3) is 3.19. The fourth-order valence-corrected chi connectivity index (χ4v) is 2.35. The molecule has 0 radical (unpaired) electrons. The molecule has 0 amide bonds. The van der Waals surface area contributed by atoms with E-state index in [1.807, 2.05) is 13.8 Å². The summed E-state index contributed by atoms with van der Waals surface area (Å²) in [6, 6.07) is 0. The van der Waals surface area contributed by atoms with Crippen molar-refractivity contribution >= 4 is 23.3 Å². The van der Waals surface area contributed by atoms with Crippen LogP contribution in [0.5, 0.6) is 0 Å². The molecule has 116 valence electrons. The zero-order valence-corrected chi connectivity index (χ0v) is 12.9. The van der Waals surface area contributed by atoms with Gasteiger partial charge in [-0.15, -0.1) is 0 Å². The number of aromatic nitrogens is 2. The van der Waals surface area contributed by atoms with Crippen LogP contribution < -0.4 is 10.9 Å². The number of nitrogens with one attached hydrogen (secondary N) is 1. The predicted octanol–water partition coefficient (Wildman–Crippen LogP) is 1.05. The average Bonchev–Trinajstić information content (AvgIpc) is 2.78. The van der Waals surface area contributed by atoms with Crippen LogP contribution in [0.4, 0.5) is 5.69 Å². The van der Waals surface area contributed by atoms with Crippen molar-refractivity contribution in [1.29, 1.82) is 0 Å². The molecule has 0 saturated carbocycles. The number of hydrogen-bond acceptors (Lipinski definition) is 6. The lowest BCUT2D eigenvalue weighted by Crippen LogP contribution is -2.42. The summed E-state index contributed by atoms with van der Waals surface area (Å²) in [6.07, 6.45) is 2.23. The van der Waals surface area contributed by atoms with Crippen LogP contribution in [-0.4, -0.2) is 41.1 Å². The molecule has 2 heterocycles. The van der Waals surface area contributed by atoms with Gasteiger partial charge in [-0.25, -0.2) is 4.68 Å². The minimum Gasteiger partial charge on any atom is -0.468 e. The van der Waals surface area contributed by atoms with E-state index in [1.54, 1.807) is 0 Å². The van der Waals surface area contributed by atoms with Crippen molar-refractivity contribution in [3.05, 3.63) is 21.6 Å². The molecule has 1 aromatic heterocycles. The number of esters is 1. The number of ether oxygens (including phenoxy) is 2. The summed E-state index contributed by atoms with van der Waals surface area (Å²) in [7, 11) is 1.24. The van der Waals surface area contributed by atoms with Crippen LogP contribution in [-0.2, 0) is 20.8 Å². The maximum Gasteiger partial charge on any atom is 0.327 e. The first-order chi connectivity index (χ1) is 9.87. The minimum atomic E-state index is -0.564. The lowest BCUT2D eigenvalue weighted by molar-refractivity contribution is -0.141. The molecule has 1 N–H and O–H groups in total. The zero-order valence-electron chi connectivity index (χ0n) is 12.2. The Labute approximate surface area is 127 Å². The van der Waals surface area contributed by atoms with E-state index in [-0.39, 0.29) is 23.2 Å². The molecule has 7 nitrogen and oxygen atoms in total. The Kier molecular flexibility index (Phi) is 4.53. The van der Waals surface area contributed by atoms with Crippen molar-refractivity contribution in [1.82, 2.24) is 9.78 Å². The number of carbonyl (C=O) groups excluding carboxylic acids is 1. The smallest absolute Gasteiger partial charge is 0.327 e. The van der Waals surface area contributed by atoms with Gasteiger partial charge in [0.15, 0.2) is 0 Å². The molecule has 0 aromatic carbocycles. The largest absolute Gasteiger partial charge is 0.468 e. The van der Waals surface area contributed by atoms with E-state index in [0.29, 0.717) is 12.3 Å². The predicted molar refractivity (Wildman–Crippen MR) is 77.6 cm³/mol. The first kappa shape index (κ1) is 15.8. The fraction of sp³-hybridized carbons (Fsp3) is 0.615. The second kappa shape index (κ2) is 6.03. The molecule has 1 saturated heterocycles. The SMILES string of the molecule is COC(=O)Cn1ncc(NC2(C)CCOC2C)c(Cl)c1=O. The summed E-state index contributed by atoms with van der Waals surface area (Å²) in [5.74, 6) is -0.564. The summed E-state index contributed by atoms with van der Waals surface area (Å²) in [5, 5.41) is 7.16. The molecular weight excluding hydrogens is 298 g/mol. The van der Waals surface area contributed by atoms with Crippen LogP contribution in [0.2, 0.25) is 5.02 Å². The van der Waals surface area contributed by atoms with Crippen molar-refractivity contribution in [2.75, 3.05) is 19.0 Å². The van der Waals surface area contributed by atoms with Crippen LogP contribution in [0.1, 0.15) is 20.3 Å². The molecule has 1 aliphatic rings. The Balaban J connectivity index is 2.25. The number of halogens is 1. The molecule has 0 bridgehead atoms. The molecule has 21 heavy (non-hydrogen) atoms. The molecule has 1 aliphatic heterocycles. The fourth-order valence-electron chi connectivity index (χ4n) is 2.16. The van der Waals surface area contributed by atoms with Crippen LogP contribution in [0, 0.1) is 0 Å². The van der Waals surface area contributed by atoms with E-state index in [2.05, 4.69) is 15.2 Å². The van der Waals surface area contributed by atoms with Crippen molar-refractivity contribution in [2.24, 2.45) is 0 Å². The van der Waals surface area contributed by atoms with Gasteiger partial charge in [-0.05, 0) is 20.3 Å². The number of anilines is 1. The monoisotopic (exact) mass is 315 g/mol. The highest BCUT2D eigenvalue weighted by molar-refractivity contribution is 6.33. The Morgan fingerprint density at radius 1 is 1.71 bits per heavy atom. The summed E-state index contributed by atoms with van der Waals surface area (Å²) in [4.78, 5) is 23.3. The molecule has 8 heteroatoms. The number of hydrogen-bond donors (Lipinski definition) is 1. The Morgan fingerprint density at radius 3 is 3.00 bits per heavy atom. The van der Waals surface area contributed by atoms with Gasteiger partial charge in [-0.3, -0.25) is 9.59 Å². The van der Waals surface area contributed by atoms with E-state index in [1.165, 1.54) is 13.3 Å². The van der Waals surface area contributed by atoms with Crippen molar-refractivity contribution in [3.8, 4) is 0 Å². The quantitative estimate of drug-likeness (QED) is 0.836. The van der Waals surface area contributed by atoms with Crippen LogP contribution in [0.25, 0.3) is 0 Å². The summed E-state index contributed by atoms with van der Waals surface area (Å²) < 4.78 is 11.0. The molecule has 2 unspecified atom stereocenters. The second-order valence-electron chi connectivity index (χ2n) is 5.22. The minimum absolute atomic E-state index is 0.00534. The van der Waals surface area contributed by atoms with E-state index < -0.39 is 11.5 Å². The molecule has 2 atom stereocenters. The van der Waals surface area contributed by atoms with Gasteiger partial charge in [0.2, 0.25) is 0 Å². The van der Waals surface area contributed by atoms with Gasteiger partial charge in [0.1, 0.15) is 11.6 Å². The number of nitrogens with zero attached hydrogens (tertiary/aromatic N) is 2. The third-order valence-corrected chi connectivity index (χ3v) is 4.16. The lowest BCUT2D eigenvalue weighted by Gasteiger charge is -2.30. The average molecular weight is 316 g/mol. The highest BCUT2D eigenvalue weighted by atomic mass is 35.5. The third-order valence-electron chi connectivity index (χ3n) is 3.80. The van der Waals surface area contributed by atoms with Gasteiger partial charge in [0, 0.05) is 6.61 Å². The van der Waals surface area contributed by atoms with Crippen molar-refractivity contribution in [3.63, 3.8) is 0 Å². The van der Waals surface area contributed by atoms with Gasteiger partial charge in [-0.1, -0.05) is 11.6 Å². The van der Waals surface area contributed by atoms with Gasteiger partial charge >= 0.3 is 5.97 Å². The first-order valence-corrected chi connectivity index (χ1v) is 6.97. The normalized spacial score (nSPS) is 24.9. The van der Waals surface area contributed by atoms with E-state index in [9.17, 15) is 9.59 Å². The Hall–Kier alpha value is -1.60.